The molecule has 1 atom stereocenters. The van der Waals surface area contributed by atoms with E-state index in [9.17, 15) is 4.39 Å². The summed E-state index contributed by atoms with van der Waals surface area (Å²) in [6.07, 6.45) is 0.937. The Balaban J connectivity index is 2.19. The summed E-state index contributed by atoms with van der Waals surface area (Å²) in [6.45, 7) is 12.5. The molecule has 0 heterocycles. The maximum Gasteiger partial charge on any atom is 0.124 e. The monoisotopic (exact) mass is 341 g/mol. The van der Waals surface area contributed by atoms with Gasteiger partial charge in [-0.25, -0.2) is 4.39 Å². The van der Waals surface area contributed by atoms with Crippen LogP contribution in [-0.4, -0.2) is 12.6 Å². The SMILES string of the molecule is CCNC(Cc1ccc(F)cc1Br)C1C(C)(C)C1(C)C. The van der Waals surface area contributed by atoms with Crippen molar-refractivity contribution in [3.63, 3.8) is 0 Å². The Morgan fingerprint density at radius 1 is 1.25 bits per heavy atom. The Labute approximate surface area is 130 Å². The molecule has 1 aromatic rings. The van der Waals surface area contributed by atoms with Gasteiger partial charge in [-0.3, -0.25) is 0 Å². The van der Waals surface area contributed by atoms with Gasteiger partial charge in [-0.05, 0) is 47.4 Å². The van der Waals surface area contributed by atoms with Gasteiger partial charge < -0.3 is 5.32 Å². The lowest BCUT2D eigenvalue weighted by Crippen LogP contribution is -2.35. The Hall–Kier alpha value is -0.410. The van der Waals surface area contributed by atoms with Crippen molar-refractivity contribution in [1.29, 1.82) is 0 Å². The zero-order valence-corrected chi connectivity index (χ0v) is 14.6. The first kappa shape index (κ1) is 16.0. The van der Waals surface area contributed by atoms with Crippen molar-refractivity contribution in [3.8, 4) is 0 Å². The van der Waals surface area contributed by atoms with Gasteiger partial charge in [0.05, 0.1) is 0 Å². The van der Waals surface area contributed by atoms with Gasteiger partial charge in [0.25, 0.3) is 0 Å². The largest absolute Gasteiger partial charge is 0.314 e. The highest BCUT2D eigenvalue weighted by Crippen LogP contribution is 2.69. The van der Waals surface area contributed by atoms with Crippen LogP contribution < -0.4 is 5.32 Å². The van der Waals surface area contributed by atoms with Gasteiger partial charge >= 0.3 is 0 Å². The van der Waals surface area contributed by atoms with E-state index in [1.54, 1.807) is 12.1 Å². The number of halogens is 2. The summed E-state index contributed by atoms with van der Waals surface area (Å²) < 4.78 is 14.1. The molecule has 112 valence electrons. The predicted molar refractivity (Wildman–Crippen MR) is 86.3 cm³/mol. The summed E-state index contributed by atoms with van der Waals surface area (Å²) >= 11 is 3.49. The second-order valence-corrected chi connectivity index (χ2v) is 7.88. The van der Waals surface area contributed by atoms with Gasteiger partial charge in [-0.2, -0.15) is 0 Å². The molecule has 0 saturated heterocycles. The van der Waals surface area contributed by atoms with Gasteiger partial charge in [0, 0.05) is 10.5 Å². The molecule has 0 bridgehead atoms. The first-order valence-corrected chi connectivity index (χ1v) is 8.18. The molecule has 0 radical (unpaired) electrons. The fraction of sp³-hybridized carbons (Fsp3) is 0.647. The molecule has 2 rings (SSSR count). The van der Waals surface area contributed by atoms with Crippen molar-refractivity contribution in [2.24, 2.45) is 16.7 Å². The Morgan fingerprint density at radius 2 is 1.85 bits per heavy atom. The highest BCUT2D eigenvalue weighted by Gasteiger charge is 2.66. The molecule has 1 aliphatic carbocycles. The Bertz CT molecular complexity index is 482. The quantitative estimate of drug-likeness (QED) is 0.811. The molecular weight excluding hydrogens is 317 g/mol. The minimum absolute atomic E-state index is 0.187. The van der Waals surface area contributed by atoms with E-state index in [1.165, 1.54) is 5.56 Å². The lowest BCUT2D eigenvalue weighted by atomic mass is 9.96. The third-order valence-corrected chi connectivity index (χ3v) is 6.19. The molecular formula is C17H25BrFN. The first-order chi connectivity index (χ1) is 9.21. The smallest absolute Gasteiger partial charge is 0.124 e. The van der Waals surface area contributed by atoms with Crippen LogP contribution in [0.3, 0.4) is 0 Å². The van der Waals surface area contributed by atoms with Crippen LogP contribution in [0.5, 0.6) is 0 Å². The van der Waals surface area contributed by atoms with E-state index in [0.29, 0.717) is 22.8 Å². The second kappa shape index (κ2) is 5.42. The van der Waals surface area contributed by atoms with Crippen molar-refractivity contribution in [2.75, 3.05) is 6.54 Å². The van der Waals surface area contributed by atoms with Crippen molar-refractivity contribution in [3.05, 3.63) is 34.1 Å². The third kappa shape index (κ3) is 2.67. The Kier molecular flexibility index (Phi) is 4.32. The van der Waals surface area contributed by atoms with E-state index in [-0.39, 0.29) is 5.82 Å². The van der Waals surface area contributed by atoms with E-state index in [2.05, 4.69) is 55.9 Å². The van der Waals surface area contributed by atoms with E-state index in [4.69, 9.17) is 0 Å². The van der Waals surface area contributed by atoms with Gasteiger partial charge in [0.15, 0.2) is 0 Å². The highest BCUT2D eigenvalue weighted by atomic mass is 79.9. The lowest BCUT2D eigenvalue weighted by molar-refractivity contribution is 0.402. The van der Waals surface area contributed by atoms with E-state index < -0.39 is 0 Å². The van der Waals surface area contributed by atoms with Crippen LogP contribution in [0.1, 0.15) is 40.2 Å². The molecule has 1 saturated carbocycles. The van der Waals surface area contributed by atoms with Crippen LogP contribution in [0.4, 0.5) is 4.39 Å². The molecule has 1 aromatic carbocycles. The summed E-state index contributed by atoms with van der Waals surface area (Å²) in [4.78, 5) is 0. The van der Waals surface area contributed by atoms with Gasteiger partial charge in [0.2, 0.25) is 0 Å². The fourth-order valence-corrected chi connectivity index (χ4v) is 4.26. The molecule has 1 N–H and O–H groups in total. The van der Waals surface area contributed by atoms with Crippen LogP contribution in [0, 0.1) is 22.6 Å². The number of benzene rings is 1. The van der Waals surface area contributed by atoms with E-state index in [0.717, 1.165) is 17.4 Å². The lowest BCUT2D eigenvalue weighted by Gasteiger charge is -2.21. The van der Waals surface area contributed by atoms with Crippen LogP contribution in [-0.2, 0) is 6.42 Å². The number of hydrogen-bond donors (Lipinski definition) is 1. The van der Waals surface area contributed by atoms with Gasteiger partial charge in [-0.15, -0.1) is 0 Å². The van der Waals surface area contributed by atoms with Gasteiger partial charge in [-0.1, -0.05) is 56.6 Å². The second-order valence-electron chi connectivity index (χ2n) is 7.03. The maximum absolute atomic E-state index is 13.2. The minimum atomic E-state index is -0.187. The molecule has 0 spiro atoms. The predicted octanol–water partition coefficient (Wildman–Crippen LogP) is 4.79. The summed E-state index contributed by atoms with van der Waals surface area (Å²) in [7, 11) is 0. The molecule has 1 unspecified atom stereocenters. The number of nitrogens with one attached hydrogen (secondary N) is 1. The number of rotatable bonds is 5. The molecule has 0 aromatic heterocycles. The molecule has 1 aliphatic rings. The molecule has 0 aliphatic heterocycles. The fourth-order valence-electron chi connectivity index (χ4n) is 3.75. The summed E-state index contributed by atoms with van der Waals surface area (Å²) in [5, 5.41) is 3.63. The van der Waals surface area contributed by atoms with Crippen LogP contribution in [0.25, 0.3) is 0 Å². The van der Waals surface area contributed by atoms with Crippen molar-refractivity contribution in [2.45, 2.75) is 47.1 Å². The topological polar surface area (TPSA) is 12.0 Å². The third-order valence-electron chi connectivity index (χ3n) is 5.46. The van der Waals surface area contributed by atoms with Gasteiger partial charge in [0.1, 0.15) is 5.82 Å². The van der Waals surface area contributed by atoms with Crippen molar-refractivity contribution >= 4 is 15.9 Å². The highest BCUT2D eigenvalue weighted by molar-refractivity contribution is 9.10. The number of hydrogen-bond acceptors (Lipinski definition) is 1. The average molecular weight is 342 g/mol. The van der Waals surface area contributed by atoms with E-state index >= 15 is 0 Å². The maximum atomic E-state index is 13.2. The first-order valence-electron chi connectivity index (χ1n) is 7.39. The summed E-state index contributed by atoms with van der Waals surface area (Å²) in [6, 6.07) is 5.44. The van der Waals surface area contributed by atoms with Crippen LogP contribution in [0.2, 0.25) is 0 Å². The molecule has 3 heteroatoms. The normalized spacial score (nSPS) is 21.8. The van der Waals surface area contributed by atoms with E-state index in [1.807, 2.05) is 6.07 Å². The molecule has 20 heavy (non-hydrogen) atoms. The molecule has 0 amide bonds. The van der Waals surface area contributed by atoms with Crippen molar-refractivity contribution in [1.82, 2.24) is 5.32 Å². The zero-order chi connectivity index (χ0) is 15.1. The standard InChI is InChI=1S/C17H25BrFN/c1-6-20-14(15-16(2,3)17(15,4)5)9-11-7-8-12(19)10-13(11)18/h7-8,10,14-15,20H,6,9H2,1-5H3. The molecule has 1 fully saturated rings. The minimum Gasteiger partial charge on any atom is -0.314 e. The number of likely N-dealkylation sites (N-methyl/N-ethyl adjacent to an activating group) is 1. The zero-order valence-electron chi connectivity index (χ0n) is 13.1. The summed E-state index contributed by atoms with van der Waals surface area (Å²) in [5.41, 5.74) is 1.88. The average Bonchev–Trinajstić information content (AvgIpc) is 2.72. The molecule has 1 nitrogen and oxygen atoms in total. The summed E-state index contributed by atoms with van der Waals surface area (Å²) in [5.74, 6) is 0.458. The Morgan fingerprint density at radius 3 is 2.30 bits per heavy atom. The van der Waals surface area contributed by atoms with Crippen LogP contribution >= 0.6 is 15.9 Å². The van der Waals surface area contributed by atoms with Crippen LogP contribution in [0.15, 0.2) is 22.7 Å². The van der Waals surface area contributed by atoms with Crippen molar-refractivity contribution < 1.29 is 4.39 Å².